The number of hydrogen-bond donors (Lipinski definition) is 1. The molecule has 0 atom stereocenters. The number of rotatable bonds is 3. The van der Waals surface area contributed by atoms with E-state index in [-0.39, 0.29) is 0 Å². The Bertz CT molecular complexity index is 668. The molecule has 104 valence electrons. The maximum absolute atomic E-state index is 6.23. The van der Waals surface area contributed by atoms with Crippen molar-refractivity contribution in [2.45, 2.75) is 13.8 Å². The van der Waals surface area contributed by atoms with E-state index in [0.29, 0.717) is 15.6 Å². The molecular formula is C16H17ClN2S. The van der Waals surface area contributed by atoms with Gasteiger partial charge in [0.05, 0.1) is 5.02 Å². The summed E-state index contributed by atoms with van der Waals surface area (Å²) in [5.41, 5.74) is 11.0. The number of aryl methyl sites for hydroxylation is 2. The van der Waals surface area contributed by atoms with E-state index in [1.165, 1.54) is 11.1 Å². The monoisotopic (exact) mass is 304 g/mol. The first-order valence-corrected chi connectivity index (χ1v) is 7.09. The summed E-state index contributed by atoms with van der Waals surface area (Å²) >= 11 is 11.2. The van der Waals surface area contributed by atoms with E-state index in [1.807, 2.05) is 25.2 Å². The van der Waals surface area contributed by atoms with E-state index in [1.54, 1.807) is 0 Å². The molecule has 0 bridgehead atoms. The fraction of sp³-hybridized carbons (Fsp3) is 0.188. The molecule has 0 saturated carbocycles. The fourth-order valence-corrected chi connectivity index (χ4v) is 2.74. The summed E-state index contributed by atoms with van der Waals surface area (Å²) < 4.78 is 0. The highest BCUT2D eigenvalue weighted by Crippen LogP contribution is 2.30. The van der Waals surface area contributed by atoms with Crippen LogP contribution in [-0.2, 0) is 0 Å². The van der Waals surface area contributed by atoms with E-state index >= 15 is 0 Å². The molecule has 0 aromatic heterocycles. The Balaban J connectivity index is 2.40. The van der Waals surface area contributed by atoms with Crippen LogP contribution in [0.15, 0.2) is 36.4 Å². The lowest BCUT2D eigenvalue weighted by atomic mass is 10.1. The number of nitrogens with zero attached hydrogens (tertiary/aromatic N) is 1. The molecule has 2 nitrogen and oxygen atoms in total. The number of nitrogens with two attached hydrogens (primary N) is 1. The quantitative estimate of drug-likeness (QED) is 0.854. The van der Waals surface area contributed by atoms with E-state index in [0.717, 1.165) is 11.4 Å². The molecule has 0 aliphatic heterocycles. The minimum atomic E-state index is 0.315. The van der Waals surface area contributed by atoms with Crippen LogP contribution in [0.4, 0.5) is 11.4 Å². The predicted molar refractivity (Wildman–Crippen MR) is 91.3 cm³/mol. The first kappa shape index (κ1) is 14.8. The van der Waals surface area contributed by atoms with Gasteiger partial charge in [0.25, 0.3) is 0 Å². The Morgan fingerprint density at radius 2 is 1.85 bits per heavy atom. The third-order valence-corrected chi connectivity index (χ3v) is 3.85. The highest BCUT2D eigenvalue weighted by atomic mass is 35.5. The van der Waals surface area contributed by atoms with Crippen molar-refractivity contribution in [1.82, 2.24) is 0 Å². The summed E-state index contributed by atoms with van der Waals surface area (Å²) in [5.74, 6) is 0. The first-order valence-electron chi connectivity index (χ1n) is 6.30. The van der Waals surface area contributed by atoms with Crippen molar-refractivity contribution < 1.29 is 0 Å². The van der Waals surface area contributed by atoms with Crippen LogP contribution in [-0.4, -0.2) is 12.0 Å². The van der Waals surface area contributed by atoms with Crippen LogP contribution < -0.4 is 10.6 Å². The third-order valence-electron chi connectivity index (χ3n) is 3.32. The van der Waals surface area contributed by atoms with Gasteiger partial charge in [-0.1, -0.05) is 41.5 Å². The van der Waals surface area contributed by atoms with Crippen LogP contribution in [0.3, 0.4) is 0 Å². The lowest BCUT2D eigenvalue weighted by molar-refractivity contribution is 1.18. The second-order valence-corrected chi connectivity index (χ2v) is 5.72. The van der Waals surface area contributed by atoms with Gasteiger partial charge in [-0.15, -0.1) is 0 Å². The van der Waals surface area contributed by atoms with Crippen LogP contribution in [0.2, 0.25) is 5.02 Å². The van der Waals surface area contributed by atoms with Crippen LogP contribution in [0.5, 0.6) is 0 Å². The van der Waals surface area contributed by atoms with Gasteiger partial charge in [-0.3, -0.25) is 0 Å². The summed E-state index contributed by atoms with van der Waals surface area (Å²) in [6.07, 6.45) is 0. The van der Waals surface area contributed by atoms with Crippen LogP contribution >= 0.6 is 23.8 Å². The Hall–Kier alpha value is -1.58. The van der Waals surface area contributed by atoms with E-state index in [2.05, 4.69) is 36.9 Å². The van der Waals surface area contributed by atoms with Crippen molar-refractivity contribution in [3.63, 3.8) is 0 Å². The van der Waals surface area contributed by atoms with Gasteiger partial charge < -0.3 is 10.6 Å². The Morgan fingerprint density at radius 1 is 1.15 bits per heavy atom. The standard InChI is InChI=1S/C16H17ClN2S/c1-10-4-7-15(11(2)8-10)19(3)12-5-6-13(16(18)20)14(17)9-12/h4-9H,1-3H3,(H2,18,20). The zero-order valence-corrected chi connectivity index (χ0v) is 13.3. The number of anilines is 2. The SMILES string of the molecule is Cc1ccc(N(C)c2ccc(C(N)=S)c(Cl)c2)c(C)c1. The molecule has 0 unspecified atom stereocenters. The largest absolute Gasteiger partial charge is 0.389 e. The molecule has 2 N–H and O–H groups in total. The zero-order valence-electron chi connectivity index (χ0n) is 11.8. The lowest BCUT2D eigenvalue weighted by Gasteiger charge is -2.22. The summed E-state index contributed by atoms with van der Waals surface area (Å²) in [6, 6.07) is 12.1. The summed E-state index contributed by atoms with van der Waals surface area (Å²) in [7, 11) is 2.02. The first-order chi connectivity index (χ1) is 9.40. The summed E-state index contributed by atoms with van der Waals surface area (Å²) in [4.78, 5) is 2.42. The molecule has 20 heavy (non-hydrogen) atoms. The van der Waals surface area contributed by atoms with Gasteiger partial charge in [-0.2, -0.15) is 0 Å². The average molecular weight is 305 g/mol. The van der Waals surface area contributed by atoms with Crippen molar-refractivity contribution in [3.8, 4) is 0 Å². The topological polar surface area (TPSA) is 29.3 Å². The van der Waals surface area contributed by atoms with E-state index < -0.39 is 0 Å². The van der Waals surface area contributed by atoms with E-state index in [4.69, 9.17) is 29.6 Å². The third kappa shape index (κ3) is 2.94. The molecule has 0 radical (unpaired) electrons. The highest BCUT2D eigenvalue weighted by Gasteiger charge is 2.10. The molecule has 0 heterocycles. The van der Waals surface area contributed by atoms with Crippen LogP contribution in [0.1, 0.15) is 16.7 Å². The molecule has 0 saturated heterocycles. The number of halogens is 1. The maximum Gasteiger partial charge on any atom is 0.105 e. The summed E-state index contributed by atoms with van der Waals surface area (Å²) in [5, 5.41) is 0.576. The number of benzene rings is 2. The van der Waals surface area contributed by atoms with Gasteiger partial charge in [-0.25, -0.2) is 0 Å². The Morgan fingerprint density at radius 3 is 2.40 bits per heavy atom. The normalized spacial score (nSPS) is 10.4. The predicted octanol–water partition coefficient (Wildman–Crippen LogP) is 4.36. The zero-order chi connectivity index (χ0) is 14.9. The number of hydrogen-bond acceptors (Lipinski definition) is 2. The van der Waals surface area contributed by atoms with Crippen molar-refractivity contribution in [3.05, 3.63) is 58.1 Å². The minimum Gasteiger partial charge on any atom is -0.389 e. The van der Waals surface area contributed by atoms with Crippen LogP contribution in [0, 0.1) is 13.8 Å². The van der Waals surface area contributed by atoms with Gasteiger partial charge in [0.1, 0.15) is 4.99 Å². The molecule has 0 fully saturated rings. The summed E-state index contributed by atoms with van der Waals surface area (Å²) in [6.45, 7) is 4.19. The maximum atomic E-state index is 6.23. The lowest BCUT2D eigenvalue weighted by Crippen LogP contribution is -2.13. The fourth-order valence-electron chi connectivity index (χ4n) is 2.23. The second-order valence-electron chi connectivity index (χ2n) is 4.88. The molecule has 4 heteroatoms. The highest BCUT2D eigenvalue weighted by molar-refractivity contribution is 7.80. The van der Waals surface area contributed by atoms with Crippen LogP contribution in [0.25, 0.3) is 0 Å². The Labute approximate surface area is 130 Å². The molecule has 0 aliphatic carbocycles. The molecular weight excluding hydrogens is 288 g/mol. The van der Waals surface area contributed by atoms with Crippen molar-refractivity contribution in [1.29, 1.82) is 0 Å². The molecule has 0 aliphatic rings. The van der Waals surface area contributed by atoms with Crippen molar-refractivity contribution >= 4 is 40.2 Å². The minimum absolute atomic E-state index is 0.315. The molecule has 0 spiro atoms. The smallest absolute Gasteiger partial charge is 0.105 e. The van der Waals surface area contributed by atoms with Gasteiger partial charge in [-0.05, 0) is 43.7 Å². The van der Waals surface area contributed by atoms with Gasteiger partial charge >= 0.3 is 0 Å². The van der Waals surface area contributed by atoms with Crippen molar-refractivity contribution in [2.75, 3.05) is 11.9 Å². The number of thiocarbonyl (C=S) groups is 1. The van der Waals surface area contributed by atoms with Gasteiger partial charge in [0.2, 0.25) is 0 Å². The molecule has 2 aromatic rings. The van der Waals surface area contributed by atoms with Gasteiger partial charge in [0.15, 0.2) is 0 Å². The van der Waals surface area contributed by atoms with E-state index in [9.17, 15) is 0 Å². The molecule has 2 aromatic carbocycles. The van der Waals surface area contributed by atoms with Gasteiger partial charge in [0, 0.05) is 24.0 Å². The second kappa shape index (κ2) is 5.81. The average Bonchev–Trinajstić information content (AvgIpc) is 2.37. The van der Waals surface area contributed by atoms with Crippen molar-refractivity contribution in [2.24, 2.45) is 5.73 Å². The molecule has 0 amide bonds. The molecule has 2 rings (SSSR count). The Kier molecular flexibility index (Phi) is 4.31.